The number of carbonyl (C=O) groups excluding carboxylic acids is 1. The van der Waals surface area contributed by atoms with Gasteiger partial charge in [-0.15, -0.1) is 5.10 Å². The Morgan fingerprint density at radius 3 is 2.90 bits per heavy atom. The number of nitrogens with zero attached hydrogens (tertiary/aromatic N) is 4. The summed E-state index contributed by atoms with van der Waals surface area (Å²) in [5.74, 6) is -0.216. The van der Waals surface area contributed by atoms with Crippen LogP contribution in [-0.4, -0.2) is 40.4 Å². The zero-order valence-electron chi connectivity index (χ0n) is 11.4. The zero-order chi connectivity index (χ0) is 15.2. The molecular weight excluding hydrogens is 299 g/mol. The molecule has 0 aliphatic heterocycles. The van der Waals surface area contributed by atoms with E-state index in [2.05, 4.69) is 20.3 Å². The molecule has 1 heterocycles. The summed E-state index contributed by atoms with van der Waals surface area (Å²) in [6.07, 6.45) is 0. The van der Waals surface area contributed by atoms with Crippen LogP contribution in [0.5, 0.6) is 5.75 Å². The van der Waals surface area contributed by atoms with E-state index in [-0.39, 0.29) is 12.3 Å². The predicted molar refractivity (Wildman–Crippen MR) is 72.3 cm³/mol. The first kappa shape index (κ1) is 15.2. The maximum atomic E-state index is 13.6. The van der Waals surface area contributed by atoms with Crippen LogP contribution in [0.4, 0.5) is 4.39 Å². The van der Waals surface area contributed by atoms with Gasteiger partial charge >= 0.3 is 5.97 Å². The van der Waals surface area contributed by atoms with Crippen molar-refractivity contribution in [1.82, 2.24) is 20.2 Å². The van der Waals surface area contributed by atoms with Crippen LogP contribution in [0.25, 0.3) is 0 Å². The molecule has 0 N–H and O–H groups in total. The van der Waals surface area contributed by atoms with Gasteiger partial charge in [-0.1, -0.05) is 17.8 Å². The van der Waals surface area contributed by atoms with Gasteiger partial charge < -0.3 is 9.47 Å². The van der Waals surface area contributed by atoms with Gasteiger partial charge in [-0.25, -0.2) is 9.07 Å². The second-order valence-electron chi connectivity index (χ2n) is 3.95. The van der Waals surface area contributed by atoms with Crippen LogP contribution in [0, 0.1) is 5.82 Å². The molecule has 1 aromatic heterocycles. The number of aromatic nitrogens is 4. The largest absolute Gasteiger partial charge is 0.494 e. The van der Waals surface area contributed by atoms with Gasteiger partial charge in [0.1, 0.15) is 6.54 Å². The molecule has 21 heavy (non-hydrogen) atoms. The van der Waals surface area contributed by atoms with E-state index in [1.165, 1.54) is 36.7 Å². The second kappa shape index (κ2) is 7.02. The first-order valence-corrected chi connectivity index (χ1v) is 6.90. The summed E-state index contributed by atoms with van der Waals surface area (Å²) in [5.41, 5.74) is 0.755. The minimum atomic E-state index is -0.445. The molecule has 0 fully saturated rings. The van der Waals surface area contributed by atoms with Crippen LogP contribution in [0.2, 0.25) is 0 Å². The average Bonchev–Trinajstić information content (AvgIpc) is 2.92. The number of methoxy groups -OCH3 is 2. The SMILES string of the molecule is COC(=O)Cn1nnnc1SCc1ccc(OC)c(F)c1. The van der Waals surface area contributed by atoms with Crippen LogP contribution < -0.4 is 4.74 Å². The molecule has 2 rings (SSSR count). The number of benzene rings is 1. The van der Waals surface area contributed by atoms with Crippen molar-refractivity contribution in [3.05, 3.63) is 29.6 Å². The average molecular weight is 312 g/mol. The third-order valence-corrected chi connectivity index (χ3v) is 3.62. The molecule has 2 aromatic rings. The second-order valence-corrected chi connectivity index (χ2v) is 4.90. The van der Waals surface area contributed by atoms with Crippen LogP contribution >= 0.6 is 11.8 Å². The summed E-state index contributed by atoms with van der Waals surface area (Å²) >= 11 is 1.29. The third kappa shape index (κ3) is 3.91. The minimum absolute atomic E-state index is 0.0667. The molecule has 0 radical (unpaired) electrons. The van der Waals surface area contributed by atoms with Crippen LogP contribution in [0.1, 0.15) is 5.56 Å². The van der Waals surface area contributed by atoms with Gasteiger partial charge in [0.2, 0.25) is 5.16 Å². The summed E-state index contributed by atoms with van der Waals surface area (Å²) in [7, 11) is 2.70. The number of tetrazole rings is 1. The summed E-state index contributed by atoms with van der Waals surface area (Å²) < 4.78 is 24.3. The molecule has 0 unspecified atom stereocenters. The van der Waals surface area contributed by atoms with Gasteiger partial charge in [-0.3, -0.25) is 4.79 Å². The summed E-state index contributed by atoms with van der Waals surface area (Å²) in [4.78, 5) is 11.2. The van der Waals surface area contributed by atoms with E-state index >= 15 is 0 Å². The number of hydrogen-bond acceptors (Lipinski definition) is 7. The molecule has 0 saturated carbocycles. The minimum Gasteiger partial charge on any atom is -0.494 e. The van der Waals surface area contributed by atoms with E-state index in [0.29, 0.717) is 10.9 Å². The highest BCUT2D eigenvalue weighted by atomic mass is 32.2. The van der Waals surface area contributed by atoms with E-state index in [1.54, 1.807) is 12.1 Å². The van der Waals surface area contributed by atoms with Crippen molar-refractivity contribution in [2.24, 2.45) is 0 Å². The van der Waals surface area contributed by atoms with Gasteiger partial charge in [-0.05, 0) is 28.1 Å². The van der Waals surface area contributed by atoms with E-state index in [1.807, 2.05) is 0 Å². The van der Waals surface area contributed by atoms with E-state index < -0.39 is 11.8 Å². The lowest BCUT2D eigenvalue weighted by Gasteiger charge is -2.05. The Kier molecular flexibility index (Phi) is 5.09. The van der Waals surface area contributed by atoms with Crippen molar-refractivity contribution in [3.8, 4) is 5.75 Å². The lowest BCUT2D eigenvalue weighted by molar-refractivity contribution is -0.141. The number of esters is 1. The van der Waals surface area contributed by atoms with E-state index in [0.717, 1.165) is 5.56 Å². The highest BCUT2D eigenvalue weighted by molar-refractivity contribution is 7.98. The maximum Gasteiger partial charge on any atom is 0.327 e. The van der Waals surface area contributed by atoms with Gasteiger partial charge in [0.25, 0.3) is 0 Å². The molecule has 0 spiro atoms. The number of carbonyl (C=O) groups is 1. The molecule has 9 heteroatoms. The van der Waals surface area contributed by atoms with Crippen molar-refractivity contribution in [3.63, 3.8) is 0 Å². The predicted octanol–water partition coefficient (Wildman–Crippen LogP) is 1.29. The Hall–Kier alpha value is -2.16. The normalized spacial score (nSPS) is 10.4. The number of thioether (sulfide) groups is 1. The molecular formula is C12H13FN4O3S. The monoisotopic (exact) mass is 312 g/mol. The fraction of sp³-hybridized carbons (Fsp3) is 0.333. The zero-order valence-corrected chi connectivity index (χ0v) is 12.3. The molecule has 0 saturated heterocycles. The lowest BCUT2D eigenvalue weighted by atomic mass is 10.2. The number of ether oxygens (including phenoxy) is 2. The summed E-state index contributed by atoms with van der Waals surface area (Å²) in [6, 6.07) is 4.70. The Bertz CT molecular complexity index is 635. The smallest absolute Gasteiger partial charge is 0.327 e. The molecule has 0 amide bonds. The Balaban J connectivity index is 2.02. The van der Waals surface area contributed by atoms with E-state index in [9.17, 15) is 9.18 Å². The van der Waals surface area contributed by atoms with Gasteiger partial charge in [-0.2, -0.15) is 0 Å². The van der Waals surface area contributed by atoms with Crippen molar-refractivity contribution in [2.75, 3.05) is 14.2 Å². The van der Waals surface area contributed by atoms with Crippen molar-refractivity contribution < 1.29 is 18.7 Å². The lowest BCUT2D eigenvalue weighted by Crippen LogP contribution is -2.13. The van der Waals surface area contributed by atoms with Gasteiger partial charge in [0.05, 0.1) is 14.2 Å². The molecule has 1 aromatic carbocycles. The number of hydrogen-bond donors (Lipinski definition) is 0. The quantitative estimate of drug-likeness (QED) is 0.587. The van der Waals surface area contributed by atoms with Crippen molar-refractivity contribution in [2.45, 2.75) is 17.5 Å². The van der Waals surface area contributed by atoms with Crippen LogP contribution in [0.3, 0.4) is 0 Å². The fourth-order valence-corrected chi connectivity index (χ4v) is 2.35. The summed E-state index contributed by atoms with van der Waals surface area (Å²) in [5, 5.41) is 11.5. The highest BCUT2D eigenvalue weighted by Gasteiger charge is 2.12. The van der Waals surface area contributed by atoms with E-state index in [4.69, 9.17) is 4.74 Å². The molecule has 0 aliphatic carbocycles. The Labute approximate surface area is 124 Å². The molecule has 7 nitrogen and oxygen atoms in total. The van der Waals surface area contributed by atoms with Crippen molar-refractivity contribution >= 4 is 17.7 Å². The Morgan fingerprint density at radius 1 is 1.43 bits per heavy atom. The topological polar surface area (TPSA) is 79.1 Å². The molecule has 0 bridgehead atoms. The standard InChI is InChI=1S/C12H13FN4O3S/c1-19-10-4-3-8(5-9(10)13)7-21-12-14-15-16-17(12)6-11(18)20-2/h3-5H,6-7H2,1-2H3. The number of rotatable bonds is 6. The van der Waals surface area contributed by atoms with Gasteiger partial charge in [0, 0.05) is 5.75 Å². The highest BCUT2D eigenvalue weighted by Crippen LogP contribution is 2.23. The van der Waals surface area contributed by atoms with Crippen molar-refractivity contribution in [1.29, 1.82) is 0 Å². The Morgan fingerprint density at radius 2 is 2.24 bits per heavy atom. The molecule has 0 atom stereocenters. The molecule has 112 valence electrons. The molecule has 0 aliphatic rings. The summed E-state index contributed by atoms with van der Waals surface area (Å²) in [6.45, 7) is -0.0667. The van der Waals surface area contributed by atoms with Crippen LogP contribution in [0.15, 0.2) is 23.4 Å². The first-order chi connectivity index (χ1) is 10.1. The fourth-order valence-electron chi connectivity index (χ4n) is 1.53. The number of halogens is 1. The van der Waals surface area contributed by atoms with Gasteiger partial charge in [0.15, 0.2) is 11.6 Å². The third-order valence-electron chi connectivity index (χ3n) is 2.59. The first-order valence-electron chi connectivity index (χ1n) is 5.92. The van der Waals surface area contributed by atoms with Crippen LogP contribution in [-0.2, 0) is 21.8 Å². The maximum absolute atomic E-state index is 13.6.